The Labute approximate surface area is 95.2 Å². The Morgan fingerprint density at radius 3 is 2.59 bits per heavy atom. The lowest BCUT2D eigenvalue weighted by Crippen LogP contribution is -2.17. The van der Waals surface area contributed by atoms with Gasteiger partial charge in [-0.15, -0.1) is 0 Å². The van der Waals surface area contributed by atoms with Crippen molar-refractivity contribution in [1.82, 2.24) is 0 Å². The molecule has 4 nitrogen and oxygen atoms in total. The van der Waals surface area contributed by atoms with Gasteiger partial charge in [-0.3, -0.25) is 9.59 Å². The SMILES string of the molecule is O=C(Nc1cc(F)ccc1F)[C@H]1C[C@H]1C(=O)O. The third kappa shape index (κ3) is 2.41. The summed E-state index contributed by atoms with van der Waals surface area (Å²) in [5, 5.41) is 10.8. The molecule has 0 heterocycles. The van der Waals surface area contributed by atoms with Crippen LogP contribution >= 0.6 is 0 Å². The first-order valence-electron chi connectivity index (χ1n) is 4.98. The van der Waals surface area contributed by atoms with Crippen LogP contribution in [0.5, 0.6) is 0 Å². The largest absolute Gasteiger partial charge is 0.481 e. The standard InChI is InChI=1S/C11H9F2NO3/c12-5-1-2-8(13)9(3-5)14-10(15)6-4-7(6)11(16)17/h1-3,6-7H,4H2,(H,14,15)(H,16,17)/t6-,7+/m0/s1. The minimum absolute atomic E-state index is 0.234. The predicted octanol–water partition coefficient (Wildman–Crippen LogP) is 1.62. The summed E-state index contributed by atoms with van der Waals surface area (Å²) < 4.78 is 26.0. The van der Waals surface area contributed by atoms with Crippen LogP contribution in [0.3, 0.4) is 0 Å². The quantitative estimate of drug-likeness (QED) is 0.845. The number of hydrogen-bond donors (Lipinski definition) is 2. The average molecular weight is 241 g/mol. The molecule has 0 spiro atoms. The van der Waals surface area contributed by atoms with Gasteiger partial charge in [0, 0.05) is 6.07 Å². The fourth-order valence-corrected chi connectivity index (χ4v) is 1.58. The van der Waals surface area contributed by atoms with E-state index in [1.54, 1.807) is 0 Å². The van der Waals surface area contributed by atoms with Gasteiger partial charge in [-0.25, -0.2) is 8.78 Å². The maximum Gasteiger partial charge on any atom is 0.307 e. The molecule has 0 aromatic heterocycles. The summed E-state index contributed by atoms with van der Waals surface area (Å²) in [6, 6.07) is 2.68. The highest BCUT2D eigenvalue weighted by Crippen LogP contribution is 2.39. The van der Waals surface area contributed by atoms with Gasteiger partial charge >= 0.3 is 5.97 Å². The Morgan fingerprint density at radius 2 is 2.00 bits per heavy atom. The third-order valence-electron chi connectivity index (χ3n) is 2.63. The van der Waals surface area contributed by atoms with Crippen LogP contribution in [0.1, 0.15) is 6.42 Å². The van der Waals surface area contributed by atoms with E-state index in [1.165, 1.54) is 0 Å². The van der Waals surface area contributed by atoms with Crippen LogP contribution < -0.4 is 5.32 Å². The van der Waals surface area contributed by atoms with Crippen molar-refractivity contribution >= 4 is 17.6 Å². The molecule has 0 saturated heterocycles. The molecule has 1 aliphatic carbocycles. The first-order valence-corrected chi connectivity index (χ1v) is 4.98. The van der Waals surface area contributed by atoms with Crippen LogP contribution in [-0.2, 0) is 9.59 Å². The minimum atomic E-state index is -1.05. The maximum absolute atomic E-state index is 13.2. The normalized spacial score (nSPS) is 22.0. The van der Waals surface area contributed by atoms with Crippen molar-refractivity contribution in [2.45, 2.75) is 6.42 Å². The summed E-state index contributed by atoms with van der Waals surface area (Å²) >= 11 is 0. The number of benzene rings is 1. The second kappa shape index (κ2) is 4.12. The maximum atomic E-state index is 13.2. The molecule has 6 heteroatoms. The highest BCUT2D eigenvalue weighted by Gasteiger charge is 2.48. The molecule has 17 heavy (non-hydrogen) atoms. The zero-order valence-corrected chi connectivity index (χ0v) is 8.61. The van der Waals surface area contributed by atoms with E-state index in [2.05, 4.69) is 5.32 Å². The second-order valence-corrected chi connectivity index (χ2v) is 3.90. The number of carbonyl (C=O) groups is 2. The van der Waals surface area contributed by atoms with Crippen molar-refractivity contribution in [1.29, 1.82) is 0 Å². The Hall–Kier alpha value is -1.98. The summed E-state index contributed by atoms with van der Waals surface area (Å²) in [5.41, 5.74) is -0.272. The van der Waals surface area contributed by atoms with Gasteiger partial charge in [0.2, 0.25) is 5.91 Å². The van der Waals surface area contributed by atoms with Gasteiger partial charge in [-0.2, -0.15) is 0 Å². The molecule has 1 fully saturated rings. The Balaban J connectivity index is 2.04. The molecule has 90 valence electrons. The monoisotopic (exact) mass is 241 g/mol. The number of anilines is 1. The van der Waals surface area contributed by atoms with Crippen molar-refractivity contribution in [2.75, 3.05) is 5.32 Å². The number of rotatable bonds is 3. The summed E-state index contributed by atoms with van der Waals surface area (Å²) in [6.45, 7) is 0. The molecule has 2 N–H and O–H groups in total. The van der Waals surface area contributed by atoms with E-state index in [9.17, 15) is 18.4 Å². The van der Waals surface area contributed by atoms with Crippen LogP contribution in [0.2, 0.25) is 0 Å². The summed E-state index contributed by atoms with van der Waals surface area (Å²) in [6.07, 6.45) is 0.234. The first kappa shape index (κ1) is 11.5. The van der Waals surface area contributed by atoms with Gasteiger partial charge in [-0.1, -0.05) is 0 Å². The lowest BCUT2D eigenvalue weighted by Gasteiger charge is -2.05. The molecular weight excluding hydrogens is 232 g/mol. The Morgan fingerprint density at radius 1 is 1.29 bits per heavy atom. The number of nitrogens with one attached hydrogen (secondary N) is 1. The molecule has 0 bridgehead atoms. The first-order chi connectivity index (χ1) is 7.99. The van der Waals surface area contributed by atoms with Crippen molar-refractivity contribution in [3.8, 4) is 0 Å². The molecule has 1 aliphatic rings. The number of amides is 1. The van der Waals surface area contributed by atoms with Gasteiger partial charge in [0.15, 0.2) is 0 Å². The van der Waals surface area contributed by atoms with Gasteiger partial charge in [0.05, 0.1) is 17.5 Å². The molecule has 0 radical (unpaired) electrons. The van der Waals surface area contributed by atoms with Gasteiger partial charge < -0.3 is 10.4 Å². The number of carbonyl (C=O) groups excluding carboxylic acids is 1. The van der Waals surface area contributed by atoms with Gasteiger partial charge in [0.1, 0.15) is 11.6 Å². The smallest absolute Gasteiger partial charge is 0.307 e. The predicted molar refractivity (Wildman–Crippen MR) is 54.2 cm³/mol. The lowest BCUT2D eigenvalue weighted by molar-refractivity contribution is -0.139. The van der Waals surface area contributed by atoms with E-state index in [0.29, 0.717) is 0 Å². The fraction of sp³-hybridized carbons (Fsp3) is 0.273. The third-order valence-corrected chi connectivity index (χ3v) is 2.63. The topological polar surface area (TPSA) is 66.4 Å². The second-order valence-electron chi connectivity index (χ2n) is 3.90. The molecule has 1 aromatic carbocycles. The number of hydrogen-bond acceptors (Lipinski definition) is 2. The van der Waals surface area contributed by atoms with Crippen molar-refractivity contribution in [3.05, 3.63) is 29.8 Å². The van der Waals surface area contributed by atoms with Crippen molar-refractivity contribution in [2.24, 2.45) is 11.8 Å². The number of carboxylic acids is 1. The molecule has 1 amide bonds. The molecular formula is C11H9F2NO3. The van der Waals surface area contributed by atoms with Gasteiger partial charge in [0.25, 0.3) is 0 Å². The van der Waals surface area contributed by atoms with Crippen LogP contribution in [0.15, 0.2) is 18.2 Å². The van der Waals surface area contributed by atoms with E-state index < -0.39 is 35.3 Å². The summed E-state index contributed by atoms with van der Waals surface area (Å²) in [5.74, 6) is -4.45. The molecule has 1 saturated carbocycles. The van der Waals surface area contributed by atoms with E-state index >= 15 is 0 Å². The molecule has 2 atom stereocenters. The average Bonchev–Trinajstić information content (AvgIpc) is 3.03. The fourth-order valence-electron chi connectivity index (χ4n) is 1.58. The zero-order valence-electron chi connectivity index (χ0n) is 8.61. The molecule has 0 aliphatic heterocycles. The molecule has 2 rings (SSSR count). The number of halogens is 2. The van der Waals surface area contributed by atoms with Crippen molar-refractivity contribution in [3.63, 3.8) is 0 Å². The molecule has 1 aromatic rings. The Kier molecular flexibility index (Phi) is 2.79. The zero-order chi connectivity index (χ0) is 12.6. The van der Waals surface area contributed by atoms with E-state index in [0.717, 1.165) is 18.2 Å². The summed E-state index contributed by atoms with van der Waals surface area (Å²) in [4.78, 5) is 22.0. The Bertz CT molecular complexity index is 490. The highest BCUT2D eigenvalue weighted by atomic mass is 19.1. The van der Waals surface area contributed by atoms with E-state index in [4.69, 9.17) is 5.11 Å². The van der Waals surface area contributed by atoms with Gasteiger partial charge in [-0.05, 0) is 18.6 Å². The minimum Gasteiger partial charge on any atom is -0.481 e. The highest BCUT2D eigenvalue weighted by molar-refractivity contribution is 5.98. The summed E-state index contributed by atoms with van der Waals surface area (Å²) in [7, 11) is 0. The van der Waals surface area contributed by atoms with Crippen LogP contribution in [0.25, 0.3) is 0 Å². The van der Waals surface area contributed by atoms with Crippen LogP contribution in [0.4, 0.5) is 14.5 Å². The lowest BCUT2D eigenvalue weighted by atomic mass is 10.2. The van der Waals surface area contributed by atoms with E-state index in [1.807, 2.05) is 0 Å². The number of aliphatic carboxylic acids is 1. The number of carboxylic acid groups (broad SMARTS) is 1. The molecule has 0 unspecified atom stereocenters. The van der Waals surface area contributed by atoms with E-state index in [-0.39, 0.29) is 12.1 Å². The van der Waals surface area contributed by atoms with Crippen molar-refractivity contribution < 1.29 is 23.5 Å². The van der Waals surface area contributed by atoms with Crippen LogP contribution in [-0.4, -0.2) is 17.0 Å². The van der Waals surface area contributed by atoms with Crippen LogP contribution in [0, 0.1) is 23.5 Å².